The Labute approximate surface area is 98.6 Å². The lowest BCUT2D eigenvalue weighted by atomic mass is 9.85. The lowest BCUT2D eigenvalue weighted by Gasteiger charge is -2.29. The maximum atomic E-state index is 3.59. The van der Waals surface area contributed by atoms with Gasteiger partial charge in [0.2, 0.25) is 0 Å². The summed E-state index contributed by atoms with van der Waals surface area (Å²) in [4.78, 5) is 0. The molecule has 16 heavy (non-hydrogen) atoms. The Morgan fingerprint density at radius 1 is 1.00 bits per heavy atom. The average Bonchev–Trinajstić information content (AvgIpc) is 2.27. The van der Waals surface area contributed by atoms with E-state index in [-0.39, 0.29) is 0 Å². The van der Waals surface area contributed by atoms with Gasteiger partial charge in [-0.05, 0) is 28.5 Å². The fraction of sp³-hybridized carbons (Fsp3) is 0.467. The summed E-state index contributed by atoms with van der Waals surface area (Å²) in [7, 11) is 0. The summed E-state index contributed by atoms with van der Waals surface area (Å²) >= 11 is 0. The molecule has 1 aromatic rings. The molecule has 2 rings (SSSR count). The van der Waals surface area contributed by atoms with Crippen LogP contribution in [0.3, 0.4) is 0 Å². The van der Waals surface area contributed by atoms with Crippen molar-refractivity contribution >= 4 is 5.57 Å². The zero-order chi connectivity index (χ0) is 11.7. The van der Waals surface area contributed by atoms with Crippen LogP contribution < -0.4 is 5.32 Å². The molecule has 1 nitrogen and oxygen atoms in total. The molecule has 1 heteroatoms. The second-order valence-corrected chi connectivity index (χ2v) is 5.15. The minimum absolute atomic E-state index is 0.575. The molecular formula is C15H21N. The third kappa shape index (κ3) is 1.87. The Balaban J connectivity index is 2.58. The molecule has 0 aromatic heterocycles. The molecule has 1 heterocycles. The monoisotopic (exact) mass is 215 g/mol. The van der Waals surface area contributed by atoms with Crippen LogP contribution in [0.5, 0.6) is 0 Å². The summed E-state index contributed by atoms with van der Waals surface area (Å²) in [5, 5.41) is 3.59. The first-order valence-corrected chi connectivity index (χ1v) is 6.17. The zero-order valence-corrected chi connectivity index (χ0v) is 10.7. The van der Waals surface area contributed by atoms with Gasteiger partial charge in [0, 0.05) is 12.2 Å². The maximum absolute atomic E-state index is 3.59. The third-order valence-corrected chi connectivity index (χ3v) is 3.22. The summed E-state index contributed by atoms with van der Waals surface area (Å²) in [5.74, 6) is 1.15. The SMILES string of the molecule is CC(C)C1=C(C(C)C)c2ccccc2CN1. The van der Waals surface area contributed by atoms with Crippen LogP contribution in [0, 0.1) is 11.8 Å². The average molecular weight is 215 g/mol. The number of hydrogen-bond acceptors (Lipinski definition) is 1. The number of fused-ring (bicyclic) bond motifs is 1. The lowest BCUT2D eigenvalue weighted by Crippen LogP contribution is -2.25. The molecule has 86 valence electrons. The van der Waals surface area contributed by atoms with E-state index in [0.29, 0.717) is 11.8 Å². The van der Waals surface area contributed by atoms with Crippen LogP contribution in [0.4, 0.5) is 0 Å². The number of hydrogen-bond donors (Lipinski definition) is 1. The molecular weight excluding hydrogens is 194 g/mol. The highest BCUT2D eigenvalue weighted by molar-refractivity contribution is 5.73. The molecule has 0 spiro atoms. The van der Waals surface area contributed by atoms with Crippen molar-refractivity contribution in [1.29, 1.82) is 0 Å². The van der Waals surface area contributed by atoms with Crippen molar-refractivity contribution in [3.05, 3.63) is 41.1 Å². The highest BCUT2D eigenvalue weighted by Crippen LogP contribution is 2.34. The molecule has 0 saturated carbocycles. The van der Waals surface area contributed by atoms with Crippen LogP contribution in [-0.2, 0) is 6.54 Å². The Morgan fingerprint density at radius 3 is 2.31 bits per heavy atom. The van der Waals surface area contributed by atoms with E-state index in [9.17, 15) is 0 Å². The van der Waals surface area contributed by atoms with E-state index < -0.39 is 0 Å². The molecule has 1 aromatic carbocycles. The van der Waals surface area contributed by atoms with Crippen LogP contribution in [0.1, 0.15) is 38.8 Å². The summed E-state index contributed by atoms with van der Waals surface area (Å²) < 4.78 is 0. The second-order valence-electron chi connectivity index (χ2n) is 5.15. The molecule has 0 bridgehead atoms. The first-order chi connectivity index (χ1) is 7.61. The number of benzene rings is 1. The van der Waals surface area contributed by atoms with E-state index in [2.05, 4.69) is 57.3 Å². The molecule has 0 radical (unpaired) electrons. The van der Waals surface area contributed by atoms with E-state index in [1.54, 1.807) is 0 Å². The fourth-order valence-electron chi connectivity index (χ4n) is 2.51. The van der Waals surface area contributed by atoms with Gasteiger partial charge in [-0.25, -0.2) is 0 Å². The van der Waals surface area contributed by atoms with Crippen molar-refractivity contribution in [3.63, 3.8) is 0 Å². The molecule has 0 aliphatic carbocycles. The molecule has 0 saturated heterocycles. The summed E-state index contributed by atoms with van der Waals surface area (Å²) in [6, 6.07) is 8.75. The third-order valence-electron chi connectivity index (χ3n) is 3.22. The number of allylic oxidation sites excluding steroid dienone is 2. The fourth-order valence-corrected chi connectivity index (χ4v) is 2.51. The van der Waals surface area contributed by atoms with Gasteiger partial charge in [0.25, 0.3) is 0 Å². The zero-order valence-electron chi connectivity index (χ0n) is 10.7. The summed E-state index contributed by atoms with van der Waals surface area (Å²) in [5.41, 5.74) is 5.79. The van der Waals surface area contributed by atoms with Crippen molar-refractivity contribution in [2.45, 2.75) is 34.2 Å². The molecule has 0 atom stereocenters. The molecule has 1 aliphatic heterocycles. The Hall–Kier alpha value is -1.24. The van der Waals surface area contributed by atoms with Crippen molar-refractivity contribution < 1.29 is 0 Å². The molecule has 0 unspecified atom stereocenters. The van der Waals surface area contributed by atoms with Gasteiger partial charge in [0.05, 0.1) is 0 Å². The van der Waals surface area contributed by atoms with Crippen LogP contribution in [0.15, 0.2) is 30.0 Å². The van der Waals surface area contributed by atoms with E-state index in [0.717, 1.165) is 6.54 Å². The van der Waals surface area contributed by atoms with E-state index in [4.69, 9.17) is 0 Å². The van der Waals surface area contributed by atoms with E-state index in [1.807, 2.05) is 0 Å². The van der Waals surface area contributed by atoms with Gasteiger partial charge in [-0.3, -0.25) is 0 Å². The van der Waals surface area contributed by atoms with Crippen molar-refractivity contribution in [2.75, 3.05) is 0 Å². The van der Waals surface area contributed by atoms with Crippen LogP contribution in [0.25, 0.3) is 5.57 Å². The predicted molar refractivity (Wildman–Crippen MR) is 69.9 cm³/mol. The van der Waals surface area contributed by atoms with Gasteiger partial charge in [0.15, 0.2) is 0 Å². The van der Waals surface area contributed by atoms with E-state index >= 15 is 0 Å². The van der Waals surface area contributed by atoms with E-state index in [1.165, 1.54) is 22.4 Å². The Morgan fingerprint density at radius 2 is 1.69 bits per heavy atom. The Bertz CT molecular complexity index is 413. The highest BCUT2D eigenvalue weighted by atomic mass is 14.9. The normalized spacial score (nSPS) is 15.4. The standard InChI is InChI=1S/C15H21N/c1-10(2)14-13-8-6-5-7-12(13)9-16-15(14)11(3)4/h5-8,10-11,16H,9H2,1-4H3. The number of nitrogens with one attached hydrogen (secondary N) is 1. The molecule has 0 fully saturated rings. The minimum atomic E-state index is 0.575. The lowest BCUT2D eigenvalue weighted by molar-refractivity contribution is 0.628. The molecule has 1 N–H and O–H groups in total. The topological polar surface area (TPSA) is 12.0 Å². The van der Waals surface area contributed by atoms with Crippen LogP contribution in [-0.4, -0.2) is 0 Å². The van der Waals surface area contributed by atoms with Gasteiger partial charge in [-0.15, -0.1) is 0 Å². The first-order valence-electron chi connectivity index (χ1n) is 6.17. The van der Waals surface area contributed by atoms with Gasteiger partial charge >= 0.3 is 0 Å². The quantitative estimate of drug-likeness (QED) is 0.791. The summed E-state index contributed by atoms with van der Waals surface area (Å²) in [6.45, 7) is 10.1. The van der Waals surface area contributed by atoms with Gasteiger partial charge < -0.3 is 5.32 Å². The smallest absolute Gasteiger partial charge is 0.0404 e. The van der Waals surface area contributed by atoms with Gasteiger partial charge in [-0.1, -0.05) is 52.0 Å². The first kappa shape index (κ1) is 11.3. The van der Waals surface area contributed by atoms with Crippen LogP contribution in [0.2, 0.25) is 0 Å². The minimum Gasteiger partial charge on any atom is -0.384 e. The van der Waals surface area contributed by atoms with Crippen molar-refractivity contribution in [3.8, 4) is 0 Å². The maximum Gasteiger partial charge on any atom is 0.0404 e. The molecule has 1 aliphatic rings. The van der Waals surface area contributed by atoms with Crippen molar-refractivity contribution in [1.82, 2.24) is 5.32 Å². The predicted octanol–water partition coefficient (Wildman–Crippen LogP) is 3.81. The largest absolute Gasteiger partial charge is 0.384 e. The highest BCUT2D eigenvalue weighted by Gasteiger charge is 2.21. The number of rotatable bonds is 2. The summed E-state index contributed by atoms with van der Waals surface area (Å²) in [6.07, 6.45) is 0. The van der Waals surface area contributed by atoms with Crippen LogP contribution >= 0.6 is 0 Å². The van der Waals surface area contributed by atoms with Gasteiger partial charge in [0.1, 0.15) is 0 Å². The Kier molecular flexibility index (Phi) is 3.04. The molecule has 0 amide bonds. The van der Waals surface area contributed by atoms with Gasteiger partial charge in [-0.2, -0.15) is 0 Å². The van der Waals surface area contributed by atoms with Crippen molar-refractivity contribution in [2.24, 2.45) is 11.8 Å². The second kappa shape index (κ2) is 4.32.